The molecule has 0 radical (unpaired) electrons. The Morgan fingerprint density at radius 1 is 1.50 bits per heavy atom. The molecule has 1 atom stereocenters. The van der Waals surface area contributed by atoms with E-state index in [1.165, 1.54) is 5.56 Å². The van der Waals surface area contributed by atoms with Crippen LogP contribution in [0.2, 0.25) is 0 Å². The number of hydrogen-bond donors (Lipinski definition) is 2. The highest BCUT2D eigenvalue weighted by atomic mass is 32.1. The first-order chi connectivity index (χ1) is 6.72. The van der Waals surface area contributed by atoms with E-state index in [9.17, 15) is 0 Å². The molecule has 0 saturated carbocycles. The van der Waals surface area contributed by atoms with E-state index >= 15 is 0 Å². The van der Waals surface area contributed by atoms with Gasteiger partial charge in [0.1, 0.15) is 5.75 Å². The predicted octanol–water partition coefficient (Wildman–Crippen LogP) is 2.19. The summed E-state index contributed by atoms with van der Waals surface area (Å²) in [5.74, 6) is 1.48. The highest BCUT2D eigenvalue weighted by Gasteiger charge is 2.10. The fourth-order valence-corrected chi connectivity index (χ4v) is 1.59. The first-order valence-electron chi connectivity index (χ1n) is 4.76. The number of ether oxygens (including phenoxy) is 1. The van der Waals surface area contributed by atoms with Gasteiger partial charge in [0.2, 0.25) is 0 Å². The SMILES string of the molecule is CCc1ccc(OC)c(C(N)CS)c1. The lowest BCUT2D eigenvalue weighted by Gasteiger charge is -2.14. The van der Waals surface area contributed by atoms with Crippen LogP contribution in [-0.2, 0) is 6.42 Å². The average molecular weight is 211 g/mol. The topological polar surface area (TPSA) is 35.2 Å². The van der Waals surface area contributed by atoms with Gasteiger partial charge in [0, 0.05) is 17.4 Å². The number of benzene rings is 1. The van der Waals surface area contributed by atoms with Gasteiger partial charge in [-0.3, -0.25) is 0 Å². The molecule has 1 aromatic carbocycles. The Bertz CT molecular complexity index is 301. The summed E-state index contributed by atoms with van der Waals surface area (Å²) in [6.07, 6.45) is 1.01. The van der Waals surface area contributed by atoms with Crippen molar-refractivity contribution in [2.45, 2.75) is 19.4 Å². The van der Waals surface area contributed by atoms with Gasteiger partial charge >= 0.3 is 0 Å². The zero-order valence-corrected chi connectivity index (χ0v) is 9.55. The Labute approximate surface area is 90.9 Å². The first-order valence-corrected chi connectivity index (χ1v) is 5.39. The number of thiol groups is 1. The normalized spacial score (nSPS) is 12.6. The Balaban J connectivity index is 3.08. The predicted molar refractivity (Wildman–Crippen MR) is 63.2 cm³/mol. The van der Waals surface area contributed by atoms with Crippen molar-refractivity contribution in [2.75, 3.05) is 12.9 Å². The van der Waals surface area contributed by atoms with Gasteiger partial charge < -0.3 is 10.5 Å². The van der Waals surface area contributed by atoms with Gasteiger partial charge in [0.05, 0.1) is 7.11 Å². The lowest BCUT2D eigenvalue weighted by Crippen LogP contribution is -2.13. The number of methoxy groups -OCH3 is 1. The third-order valence-electron chi connectivity index (χ3n) is 2.30. The summed E-state index contributed by atoms with van der Waals surface area (Å²) in [5, 5.41) is 0. The van der Waals surface area contributed by atoms with Crippen LogP contribution in [0.5, 0.6) is 5.75 Å². The second-order valence-electron chi connectivity index (χ2n) is 3.22. The molecule has 2 N–H and O–H groups in total. The fraction of sp³-hybridized carbons (Fsp3) is 0.455. The third kappa shape index (κ3) is 2.42. The summed E-state index contributed by atoms with van der Waals surface area (Å²) in [5.41, 5.74) is 8.26. The Morgan fingerprint density at radius 2 is 2.21 bits per heavy atom. The van der Waals surface area contributed by atoms with E-state index in [4.69, 9.17) is 10.5 Å². The minimum Gasteiger partial charge on any atom is -0.496 e. The zero-order valence-electron chi connectivity index (χ0n) is 8.66. The van der Waals surface area contributed by atoms with Crippen LogP contribution >= 0.6 is 12.6 Å². The molecular weight excluding hydrogens is 194 g/mol. The maximum absolute atomic E-state index is 5.94. The van der Waals surface area contributed by atoms with Crippen LogP contribution in [0.1, 0.15) is 24.1 Å². The molecule has 0 amide bonds. The summed E-state index contributed by atoms with van der Waals surface area (Å²) in [6, 6.07) is 6.07. The second kappa shape index (κ2) is 5.27. The van der Waals surface area contributed by atoms with E-state index in [2.05, 4.69) is 31.7 Å². The van der Waals surface area contributed by atoms with Gasteiger partial charge in [-0.1, -0.05) is 19.1 Å². The maximum atomic E-state index is 5.94. The summed E-state index contributed by atoms with van der Waals surface area (Å²) >= 11 is 4.20. The van der Waals surface area contributed by atoms with Crippen LogP contribution in [0.4, 0.5) is 0 Å². The van der Waals surface area contributed by atoms with Crippen molar-refractivity contribution in [1.82, 2.24) is 0 Å². The molecule has 3 heteroatoms. The Morgan fingerprint density at radius 3 is 2.71 bits per heavy atom. The van der Waals surface area contributed by atoms with Crippen molar-refractivity contribution in [3.8, 4) is 5.75 Å². The molecule has 0 heterocycles. The van der Waals surface area contributed by atoms with Gasteiger partial charge in [-0.15, -0.1) is 0 Å². The van der Waals surface area contributed by atoms with Crippen molar-refractivity contribution in [3.05, 3.63) is 29.3 Å². The van der Waals surface area contributed by atoms with E-state index in [0.717, 1.165) is 17.7 Å². The monoisotopic (exact) mass is 211 g/mol. The molecule has 0 bridgehead atoms. The number of rotatable bonds is 4. The average Bonchev–Trinajstić information content (AvgIpc) is 2.27. The van der Waals surface area contributed by atoms with Crippen molar-refractivity contribution in [1.29, 1.82) is 0 Å². The second-order valence-corrected chi connectivity index (χ2v) is 3.58. The number of hydrogen-bond acceptors (Lipinski definition) is 3. The molecule has 0 aliphatic heterocycles. The molecule has 2 nitrogen and oxygen atoms in total. The largest absolute Gasteiger partial charge is 0.496 e. The number of nitrogens with two attached hydrogens (primary N) is 1. The molecule has 0 aliphatic carbocycles. The van der Waals surface area contributed by atoms with Gasteiger partial charge in [-0.25, -0.2) is 0 Å². The molecular formula is C11H17NOS. The Kier molecular flexibility index (Phi) is 4.29. The molecule has 1 rings (SSSR count). The highest BCUT2D eigenvalue weighted by Crippen LogP contribution is 2.25. The summed E-state index contributed by atoms with van der Waals surface area (Å²) in [4.78, 5) is 0. The van der Waals surface area contributed by atoms with E-state index < -0.39 is 0 Å². The Hall–Kier alpha value is -0.670. The molecule has 0 saturated heterocycles. The maximum Gasteiger partial charge on any atom is 0.123 e. The van der Waals surface area contributed by atoms with Crippen LogP contribution in [0.25, 0.3) is 0 Å². The van der Waals surface area contributed by atoms with Crippen molar-refractivity contribution in [2.24, 2.45) is 5.73 Å². The number of aryl methyl sites for hydroxylation is 1. The standard InChI is InChI=1S/C11H17NOS/c1-3-8-4-5-11(13-2)9(6-8)10(12)7-14/h4-6,10,14H,3,7,12H2,1-2H3. The van der Waals surface area contributed by atoms with Crippen molar-refractivity contribution < 1.29 is 4.74 Å². The van der Waals surface area contributed by atoms with Crippen molar-refractivity contribution >= 4 is 12.6 Å². The molecule has 0 aromatic heterocycles. The van der Waals surface area contributed by atoms with Crippen LogP contribution in [0.15, 0.2) is 18.2 Å². The van der Waals surface area contributed by atoms with Crippen LogP contribution < -0.4 is 10.5 Å². The fourth-order valence-electron chi connectivity index (χ4n) is 1.39. The van der Waals surface area contributed by atoms with Gasteiger partial charge in [0.25, 0.3) is 0 Å². The molecule has 1 aromatic rings. The van der Waals surface area contributed by atoms with Crippen LogP contribution in [0.3, 0.4) is 0 Å². The molecule has 0 spiro atoms. The zero-order chi connectivity index (χ0) is 10.6. The van der Waals surface area contributed by atoms with Gasteiger partial charge in [-0.2, -0.15) is 12.6 Å². The molecule has 14 heavy (non-hydrogen) atoms. The third-order valence-corrected chi connectivity index (χ3v) is 2.69. The summed E-state index contributed by atoms with van der Waals surface area (Å²) < 4.78 is 5.25. The summed E-state index contributed by atoms with van der Waals surface area (Å²) in [6.45, 7) is 2.12. The summed E-state index contributed by atoms with van der Waals surface area (Å²) in [7, 11) is 1.66. The molecule has 78 valence electrons. The van der Waals surface area contributed by atoms with E-state index in [-0.39, 0.29) is 6.04 Å². The van der Waals surface area contributed by atoms with Crippen LogP contribution in [-0.4, -0.2) is 12.9 Å². The first kappa shape index (κ1) is 11.4. The minimum atomic E-state index is -0.0558. The van der Waals surface area contributed by atoms with Gasteiger partial charge in [0.15, 0.2) is 0 Å². The molecule has 1 unspecified atom stereocenters. The lowest BCUT2D eigenvalue weighted by molar-refractivity contribution is 0.407. The highest BCUT2D eigenvalue weighted by molar-refractivity contribution is 7.80. The van der Waals surface area contributed by atoms with E-state index in [1.54, 1.807) is 7.11 Å². The quantitative estimate of drug-likeness (QED) is 0.749. The van der Waals surface area contributed by atoms with Crippen molar-refractivity contribution in [3.63, 3.8) is 0 Å². The smallest absolute Gasteiger partial charge is 0.123 e. The van der Waals surface area contributed by atoms with Gasteiger partial charge in [-0.05, 0) is 18.1 Å². The minimum absolute atomic E-state index is 0.0558. The van der Waals surface area contributed by atoms with Crippen LogP contribution in [0, 0.1) is 0 Å². The molecule has 0 aliphatic rings. The molecule has 0 fully saturated rings. The van der Waals surface area contributed by atoms with E-state index in [0.29, 0.717) is 5.75 Å². The van der Waals surface area contributed by atoms with E-state index in [1.807, 2.05) is 6.07 Å². The lowest BCUT2D eigenvalue weighted by atomic mass is 10.0.